The maximum absolute atomic E-state index is 13.8. The lowest BCUT2D eigenvalue weighted by atomic mass is 9.87. The van der Waals surface area contributed by atoms with E-state index in [1.807, 2.05) is 0 Å². The number of hydrogen-bond acceptors (Lipinski definition) is 3. The third kappa shape index (κ3) is 2.35. The lowest BCUT2D eigenvalue weighted by molar-refractivity contribution is -0.176. The molecule has 0 aliphatic carbocycles. The average molecular weight is 265 g/mol. The molecule has 0 radical (unpaired) electrons. The van der Waals surface area contributed by atoms with E-state index >= 15 is 0 Å². The van der Waals surface area contributed by atoms with E-state index in [2.05, 4.69) is 4.74 Å². The van der Waals surface area contributed by atoms with Crippen LogP contribution in [-0.4, -0.2) is 48.2 Å². The SMILES string of the molecule is CCOC(=O)C(F)(F)C[C@@]12CCCN1CC(F)C2. The molecule has 0 aromatic rings. The second-order valence-corrected chi connectivity index (χ2v) is 5.18. The Morgan fingerprint density at radius 3 is 2.94 bits per heavy atom. The lowest BCUT2D eigenvalue weighted by Crippen LogP contribution is -2.46. The largest absolute Gasteiger partial charge is 0.462 e. The molecule has 2 atom stereocenters. The van der Waals surface area contributed by atoms with Crippen molar-refractivity contribution in [3.8, 4) is 0 Å². The van der Waals surface area contributed by atoms with Gasteiger partial charge in [-0.1, -0.05) is 0 Å². The minimum absolute atomic E-state index is 0.0725. The summed E-state index contributed by atoms with van der Waals surface area (Å²) >= 11 is 0. The third-order valence-electron chi connectivity index (χ3n) is 3.89. The average Bonchev–Trinajstić information content (AvgIpc) is 2.72. The molecule has 6 heteroatoms. The minimum atomic E-state index is -3.53. The number of carbonyl (C=O) groups is 1. The Labute approximate surface area is 104 Å². The molecule has 1 unspecified atom stereocenters. The molecule has 3 nitrogen and oxygen atoms in total. The summed E-state index contributed by atoms with van der Waals surface area (Å²) in [5, 5.41) is 0. The number of hydrogen-bond donors (Lipinski definition) is 0. The molecule has 18 heavy (non-hydrogen) atoms. The monoisotopic (exact) mass is 265 g/mol. The van der Waals surface area contributed by atoms with Crippen molar-refractivity contribution in [2.75, 3.05) is 19.7 Å². The molecular weight excluding hydrogens is 247 g/mol. The normalized spacial score (nSPS) is 32.6. The van der Waals surface area contributed by atoms with Gasteiger partial charge in [-0.05, 0) is 32.7 Å². The highest BCUT2D eigenvalue weighted by Crippen LogP contribution is 2.46. The van der Waals surface area contributed by atoms with E-state index in [-0.39, 0.29) is 19.6 Å². The van der Waals surface area contributed by atoms with Crippen LogP contribution in [0.15, 0.2) is 0 Å². The molecule has 2 aliphatic heterocycles. The summed E-state index contributed by atoms with van der Waals surface area (Å²) in [6.45, 7) is 2.26. The smallest absolute Gasteiger partial charge is 0.377 e. The van der Waals surface area contributed by atoms with Crippen molar-refractivity contribution in [2.24, 2.45) is 0 Å². The Kier molecular flexibility index (Phi) is 3.58. The van der Waals surface area contributed by atoms with Gasteiger partial charge in [-0.2, -0.15) is 8.78 Å². The first kappa shape index (κ1) is 13.6. The number of ether oxygens (including phenoxy) is 1. The van der Waals surface area contributed by atoms with Gasteiger partial charge in [0.15, 0.2) is 0 Å². The molecule has 0 saturated carbocycles. The number of halogens is 3. The van der Waals surface area contributed by atoms with Crippen LogP contribution in [0.1, 0.15) is 32.6 Å². The van der Waals surface area contributed by atoms with Crippen LogP contribution < -0.4 is 0 Å². The summed E-state index contributed by atoms with van der Waals surface area (Å²) < 4.78 is 45.4. The van der Waals surface area contributed by atoms with Crippen LogP contribution >= 0.6 is 0 Å². The molecule has 2 saturated heterocycles. The van der Waals surface area contributed by atoms with E-state index in [0.717, 1.165) is 6.42 Å². The van der Waals surface area contributed by atoms with Gasteiger partial charge in [-0.3, -0.25) is 4.90 Å². The fraction of sp³-hybridized carbons (Fsp3) is 0.917. The van der Waals surface area contributed by atoms with Gasteiger partial charge in [0.1, 0.15) is 6.17 Å². The highest BCUT2D eigenvalue weighted by molar-refractivity contribution is 5.77. The number of nitrogens with zero attached hydrogens (tertiary/aromatic N) is 1. The van der Waals surface area contributed by atoms with E-state index in [9.17, 15) is 18.0 Å². The van der Waals surface area contributed by atoms with Crippen molar-refractivity contribution < 1.29 is 22.7 Å². The van der Waals surface area contributed by atoms with Crippen LogP contribution in [0.4, 0.5) is 13.2 Å². The van der Waals surface area contributed by atoms with Crippen molar-refractivity contribution >= 4 is 5.97 Å². The van der Waals surface area contributed by atoms with Crippen LogP contribution in [0.3, 0.4) is 0 Å². The number of alkyl halides is 3. The van der Waals surface area contributed by atoms with Gasteiger partial charge in [-0.15, -0.1) is 0 Å². The van der Waals surface area contributed by atoms with Crippen LogP contribution in [0.5, 0.6) is 0 Å². The van der Waals surface area contributed by atoms with Gasteiger partial charge in [-0.25, -0.2) is 9.18 Å². The van der Waals surface area contributed by atoms with Crippen LogP contribution in [0.2, 0.25) is 0 Å². The molecular formula is C12H18F3NO2. The Bertz CT molecular complexity index is 337. The topological polar surface area (TPSA) is 29.5 Å². The molecule has 0 N–H and O–H groups in total. The molecule has 2 rings (SSSR count). The summed E-state index contributed by atoms with van der Waals surface area (Å²) in [5.74, 6) is -5.02. The zero-order chi connectivity index (χ0) is 13.4. The maximum Gasteiger partial charge on any atom is 0.377 e. The van der Waals surface area contributed by atoms with E-state index in [0.29, 0.717) is 13.0 Å². The molecule has 0 aromatic heterocycles. The zero-order valence-electron chi connectivity index (χ0n) is 10.4. The highest BCUT2D eigenvalue weighted by Gasteiger charge is 2.56. The quantitative estimate of drug-likeness (QED) is 0.729. The summed E-state index contributed by atoms with van der Waals surface area (Å²) in [5.41, 5.74) is -0.852. The summed E-state index contributed by atoms with van der Waals surface area (Å²) in [6, 6.07) is 0. The number of fused-ring (bicyclic) bond motifs is 1. The number of esters is 1. The van der Waals surface area contributed by atoms with Gasteiger partial charge in [0, 0.05) is 18.5 Å². The molecule has 0 bridgehead atoms. The second kappa shape index (κ2) is 4.72. The first-order valence-electron chi connectivity index (χ1n) is 6.34. The highest BCUT2D eigenvalue weighted by atomic mass is 19.3. The maximum atomic E-state index is 13.8. The van der Waals surface area contributed by atoms with Crippen molar-refractivity contribution in [1.29, 1.82) is 0 Å². The van der Waals surface area contributed by atoms with Gasteiger partial charge in [0.2, 0.25) is 0 Å². The Hall–Kier alpha value is -0.780. The molecule has 0 spiro atoms. The Morgan fingerprint density at radius 1 is 1.56 bits per heavy atom. The Morgan fingerprint density at radius 2 is 2.28 bits per heavy atom. The summed E-state index contributed by atoms with van der Waals surface area (Å²) in [7, 11) is 0. The molecule has 104 valence electrons. The van der Waals surface area contributed by atoms with Gasteiger partial charge >= 0.3 is 11.9 Å². The first-order chi connectivity index (χ1) is 8.39. The predicted molar refractivity (Wildman–Crippen MR) is 59.2 cm³/mol. The lowest BCUT2D eigenvalue weighted by Gasteiger charge is -2.34. The fourth-order valence-corrected chi connectivity index (χ4v) is 3.22. The molecule has 0 aromatic carbocycles. The standard InChI is InChI=1S/C12H18F3NO2/c1-2-18-10(17)12(14,15)8-11-4-3-5-16(11)7-9(13)6-11/h9H,2-8H2,1H3/t9?,11-/m0/s1. The van der Waals surface area contributed by atoms with Crippen LogP contribution in [-0.2, 0) is 9.53 Å². The second-order valence-electron chi connectivity index (χ2n) is 5.18. The number of carbonyl (C=O) groups excluding carboxylic acids is 1. The van der Waals surface area contributed by atoms with Crippen molar-refractivity contribution in [2.45, 2.75) is 50.2 Å². The van der Waals surface area contributed by atoms with Gasteiger partial charge < -0.3 is 4.74 Å². The fourth-order valence-electron chi connectivity index (χ4n) is 3.22. The van der Waals surface area contributed by atoms with E-state index in [1.165, 1.54) is 6.92 Å². The van der Waals surface area contributed by atoms with Crippen molar-refractivity contribution in [3.05, 3.63) is 0 Å². The summed E-state index contributed by atoms with van der Waals surface area (Å²) in [6.07, 6.45) is -0.279. The minimum Gasteiger partial charge on any atom is -0.462 e. The zero-order valence-corrected chi connectivity index (χ0v) is 10.4. The summed E-state index contributed by atoms with van der Waals surface area (Å²) in [4.78, 5) is 13.0. The van der Waals surface area contributed by atoms with Crippen LogP contribution in [0, 0.1) is 0 Å². The van der Waals surface area contributed by atoms with E-state index in [1.54, 1.807) is 4.90 Å². The number of rotatable bonds is 4. The first-order valence-corrected chi connectivity index (χ1v) is 6.34. The molecule has 0 amide bonds. The van der Waals surface area contributed by atoms with Gasteiger partial charge in [0.25, 0.3) is 0 Å². The van der Waals surface area contributed by atoms with Crippen molar-refractivity contribution in [1.82, 2.24) is 4.90 Å². The molecule has 2 heterocycles. The predicted octanol–water partition coefficient (Wildman–Crippen LogP) is 2.15. The Balaban J connectivity index is 2.09. The van der Waals surface area contributed by atoms with E-state index < -0.39 is 30.0 Å². The van der Waals surface area contributed by atoms with Crippen molar-refractivity contribution in [3.63, 3.8) is 0 Å². The van der Waals surface area contributed by atoms with Crippen LogP contribution in [0.25, 0.3) is 0 Å². The third-order valence-corrected chi connectivity index (χ3v) is 3.89. The molecule has 2 fully saturated rings. The van der Waals surface area contributed by atoms with Gasteiger partial charge in [0.05, 0.1) is 6.61 Å². The molecule has 2 aliphatic rings. The van der Waals surface area contributed by atoms with E-state index in [4.69, 9.17) is 0 Å².